The van der Waals surface area contributed by atoms with E-state index in [1.807, 2.05) is 48.5 Å². The minimum absolute atomic E-state index is 0.133. The molecule has 0 saturated carbocycles. The Kier molecular flexibility index (Phi) is 6.05. The number of para-hydroxylation sites is 3. The summed E-state index contributed by atoms with van der Waals surface area (Å²) in [6.07, 6.45) is 0. The first-order valence-corrected chi connectivity index (χ1v) is 8.69. The molecule has 3 aromatic carbocycles. The number of carbonyl (C=O) groups excluding carboxylic acids is 1. The van der Waals surface area contributed by atoms with Crippen molar-refractivity contribution in [2.75, 3.05) is 25.5 Å². The van der Waals surface area contributed by atoms with Crippen LogP contribution >= 0.6 is 0 Å². The molecule has 0 unspecified atom stereocenters. The second kappa shape index (κ2) is 8.85. The molecule has 1 amide bonds. The zero-order valence-electron chi connectivity index (χ0n) is 15.1. The zero-order valence-corrected chi connectivity index (χ0v) is 15.1. The number of likely N-dealkylation sites (N-methyl/N-ethyl adjacent to an activating group) is 1. The van der Waals surface area contributed by atoms with Crippen LogP contribution in [0.15, 0.2) is 78.9 Å². The van der Waals surface area contributed by atoms with Gasteiger partial charge in [-0.15, -0.1) is 0 Å². The molecule has 3 rings (SSSR count). The van der Waals surface area contributed by atoms with Crippen LogP contribution in [-0.4, -0.2) is 31.0 Å². The average Bonchev–Trinajstić information content (AvgIpc) is 2.70. The van der Waals surface area contributed by atoms with Gasteiger partial charge in [-0.2, -0.15) is 0 Å². The Morgan fingerprint density at radius 1 is 0.963 bits per heavy atom. The number of nitrogens with zero attached hydrogens (tertiary/aromatic N) is 1. The molecule has 0 bridgehead atoms. The lowest BCUT2D eigenvalue weighted by Crippen LogP contribution is -2.31. The van der Waals surface area contributed by atoms with Gasteiger partial charge in [-0.3, -0.25) is 4.79 Å². The van der Waals surface area contributed by atoms with E-state index >= 15 is 0 Å². The number of nitrogens with one attached hydrogen (secondary N) is 1. The smallest absolute Gasteiger partial charge is 0.255 e. The normalized spacial score (nSPS) is 10.3. The predicted molar refractivity (Wildman–Crippen MR) is 105 cm³/mol. The Labute approximate surface area is 158 Å². The van der Waals surface area contributed by atoms with Crippen LogP contribution in [0.25, 0.3) is 0 Å². The summed E-state index contributed by atoms with van der Waals surface area (Å²) in [7, 11) is 1.70. The maximum atomic E-state index is 13.6. The predicted octanol–water partition coefficient (Wildman–Crippen LogP) is 4.72. The van der Waals surface area contributed by atoms with Crippen molar-refractivity contribution in [2.24, 2.45) is 0 Å². The molecule has 0 atom stereocenters. The highest BCUT2D eigenvalue weighted by atomic mass is 19.1. The number of rotatable bonds is 7. The van der Waals surface area contributed by atoms with Crippen molar-refractivity contribution >= 4 is 17.3 Å². The maximum absolute atomic E-state index is 13.6. The van der Waals surface area contributed by atoms with Gasteiger partial charge in [0.25, 0.3) is 5.91 Å². The van der Waals surface area contributed by atoms with Gasteiger partial charge in [0.05, 0.1) is 17.8 Å². The molecule has 138 valence electrons. The number of carbonyl (C=O) groups is 1. The molecule has 0 spiro atoms. The summed E-state index contributed by atoms with van der Waals surface area (Å²) in [5.74, 6) is -0.362. The number of hydrogen-bond donors (Lipinski definition) is 1. The Balaban J connectivity index is 1.64. The maximum Gasteiger partial charge on any atom is 0.255 e. The standard InChI is InChI=1S/C22H21FN2O2/c1-25(15-16-27-21-14-8-6-12-19(21)23)22(26)18-11-5-7-13-20(18)24-17-9-3-2-4-10-17/h2-14,24H,15-16H2,1H3. The van der Waals surface area contributed by atoms with E-state index in [9.17, 15) is 9.18 Å². The highest BCUT2D eigenvalue weighted by Gasteiger charge is 2.16. The van der Waals surface area contributed by atoms with Gasteiger partial charge in [0.2, 0.25) is 0 Å². The highest BCUT2D eigenvalue weighted by molar-refractivity contribution is 6.00. The highest BCUT2D eigenvalue weighted by Crippen LogP contribution is 2.22. The SMILES string of the molecule is CN(CCOc1ccccc1F)C(=O)c1ccccc1Nc1ccccc1. The van der Waals surface area contributed by atoms with Gasteiger partial charge in [-0.1, -0.05) is 42.5 Å². The van der Waals surface area contributed by atoms with Gasteiger partial charge in [-0.25, -0.2) is 4.39 Å². The van der Waals surface area contributed by atoms with Crippen LogP contribution in [0.2, 0.25) is 0 Å². The van der Waals surface area contributed by atoms with Gasteiger partial charge < -0.3 is 15.0 Å². The summed E-state index contributed by atoms with van der Waals surface area (Å²) in [5, 5.41) is 3.27. The Morgan fingerprint density at radius 3 is 2.41 bits per heavy atom. The lowest BCUT2D eigenvalue weighted by Gasteiger charge is -2.20. The lowest BCUT2D eigenvalue weighted by molar-refractivity contribution is 0.0774. The minimum atomic E-state index is -0.413. The first kappa shape index (κ1) is 18.5. The van der Waals surface area contributed by atoms with E-state index < -0.39 is 5.82 Å². The molecule has 27 heavy (non-hydrogen) atoms. The van der Waals surface area contributed by atoms with E-state index in [1.54, 1.807) is 36.2 Å². The first-order chi connectivity index (χ1) is 13.1. The van der Waals surface area contributed by atoms with E-state index in [4.69, 9.17) is 4.74 Å². The lowest BCUT2D eigenvalue weighted by atomic mass is 10.1. The van der Waals surface area contributed by atoms with Crippen molar-refractivity contribution in [3.8, 4) is 5.75 Å². The molecule has 3 aromatic rings. The van der Waals surface area contributed by atoms with E-state index in [0.29, 0.717) is 12.1 Å². The molecule has 5 heteroatoms. The van der Waals surface area contributed by atoms with Crippen molar-refractivity contribution in [3.05, 3.63) is 90.2 Å². The Hall–Kier alpha value is -3.34. The van der Waals surface area contributed by atoms with Gasteiger partial charge in [0, 0.05) is 12.7 Å². The molecule has 0 aliphatic rings. The summed E-state index contributed by atoms with van der Waals surface area (Å²) in [4.78, 5) is 14.4. The molecule has 0 aliphatic carbocycles. The summed E-state index contributed by atoms with van der Waals surface area (Å²) in [5.41, 5.74) is 2.20. The van der Waals surface area contributed by atoms with Gasteiger partial charge in [0.15, 0.2) is 11.6 Å². The summed E-state index contributed by atoms with van der Waals surface area (Å²) < 4.78 is 19.0. The summed E-state index contributed by atoms with van der Waals surface area (Å²) >= 11 is 0. The van der Waals surface area contributed by atoms with Crippen molar-refractivity contribution in [2.45, 2.75) is 0 Å². The van der Waals surface area contributed by atoms with Crippen molar-refractivity contribution in [1.29, 1.82) is 0 Å². The van der Waals surface area contributed by atoms with E-state index in [1.165, 1.54) is 6.07 Å². The first-order valence-electron chi connectivity index (χ1n) is 8.69. The molecule has 0 aliphatic heterocycles. The Morgan fingerprint density at radius 2 is 1.63 bits per heavy atom. The van der Waals surface area contributed by atoms with E-state index in [-0.39, 0.29) is 18.3 Å². The minimum Gasteiger partial charge on any atom is -0.489 e. The summed E-state index contributed by atoms with van der Waals surface area (Å²) in [6, 6.07) is 23.2. The Bertz CT molecular complexity index is 900. The van der Waals surface area contributed by atoms with Gasteiger partial charge in [0.1, 0.15) is 6.61 Å². The van der Waals surface area contributed by atoms with Crippen molar-refractivity contribution in [3.63, 3.8) is 0 Å². The zero-order chi connectivity index (χ0) is 19.1. The number of hydrogen-bond acceptors (Lipinski definition) is 3. The second-order valence-corrected chi connectivity index (χ2v) is 6.04. The fourth-order valence-electron chi connectivity index (χ4n) is 2.62. The molecule has 0 saturated heterocycles. The van der Waals surface area contributed by atoms with E-state index in [2.05, 4.69) is 5.32 Å². The summed E-state index contributed by atoms with van der Waals surface area (Å²) in [6.45, 7) is 0.546. The molecule has 0 fully saturated rings. The quantitative estimate of drug-likeness (QED) is 0.659. The topological polar surface area (TPSA) is 41.6 Å². The molecule has 0 aromatic heterocycles. The van der Waals surface area contributed by atoms with Crippen LogP contribution in [0.4, 0.5) is 15.8 Å². The molecular weight excluding hydrogens is 343 g/mol. The van der Waals surface area contributed by atoms with E-state index in [0.717, 1.165) is 11.4 Å². The third-order valence-corrected chi connectivity index (χ3v) is 4.08. The fourth-order valence-corrected chi connectivity index (χ4v) is 2.62. The van der Waals surface area contributed by atoms with Crippen LogP contribution in [0.3, 0.4) is 0 Å². The van der Waals surface area contributed by atoms with Gasteiger partial charge >= 0.3 is 0 Å². The van der Waals surface area contributed by atoms with Crippen LogP contribution in [0.5, 0.6) is 5.75 Å². The molecule has 4 nitrogen and oxygen atoms in total. The van der Waals surface area contributed by atoms with Crippen molar-refractivity contribution < 1.29 is 13.9 Å². The number of benzene rings is 3. The second-order valence-electron chi connectivity index (χ2n) is 6.04. The average molecular weight is 364 g/mol. The molecule has 0 radical (unpaired) electrons. The third kappa shape index (κ3) is 4.85. The molecule has 1 N–H and O–H groups in total. The molecule has 0 heterocycles. The van der Waals surface area contributed by atoms with Crippen LogP contribution in [0.1, 0.15) is 10.4 Å². The monoisotopic (exact) mass is 364 g/mol. The fraction of sp³-hybridized carbons (Fsp3) is 0.136. The van der Waals surface area contributed by atoms with Crippen LogP contribution in [-0.2, 0) is 0 Å². The van der Waals surface area contributed by atoms with Gasteiger partial charge in [-0.05, 0) is 36.4 Å². The number of ether oxygens (including phenoxy) is 1. The largest absolute Gasteiger partial charge is 0.489 e. The van der Waals surface area contributed by atoms with Crippen LogP contribution < -0.4 is 10.1 Å². The number of halogens is 1. The number of amides is 1. The third-order valence-electron chi connectivity index (χ3n) is 4.08. The van der Waals surface area contributed by atoms with Crippen molar-refractivity contribution in [1.82, 2.24) is 4.90 Å². The number of anilines is 2. The molecular formula is C22H21FN2O2. The van der Waals surface area contributed by atoms with Crippen LogP contribution in [0, 0.1) is 5.82 Å².